The van der Waals surface area contributed by atoms with Crippen molar-refractivity contribution in [1.29, 1.82) is 0 Å². The number of hydrogen-bond acceptors (Lipinski definition) is 3. The fourth-order valence-corrected chi connectivity index (χ4v) is 1.73. The zero-order chi connectivity index (χ0) is 15.4. The lowest BCUT2D eigenvalue weighted by Crippen LogP contribution is -2.12. The van der Waals surface area contributed by atoms with Crippen LogP contribution in [0.15, 0.2) is 42.5 Å². The number of benzene rings is 2. The maximum Gasteiger partial charge on any atom is 0.338 e. The first kappa shape index (κ1) is 14.7. The van der Waals surface area contributed by atoms with Crippen LogP contribution in [0.2, 0.25) is 0 Å². The molecule has 1 amide bonds. The zero-order valence-electron chi connectivity index (χ0n) is 10.8. The molecule has 0 aromatic heterocycles. The lowest BCUT2D eigenvalue weighted by atomic mass is 10.1. The number of aliphatic hydroxyl groups is 1. The molecule has 0 bridgehead atoms. The Hall–Kier alpha value is -2.73. The molecule has 2 aromatic carbocycles. The third-order valence-electron chi connectivity index (χ3n) is 2.86. The Morgan fingerprint density at radius 3 is 2.29 bits per heavy atom. The van der Waals surface area contributed by atoms with Crippen LogP contribution in [0.5, 0.6) is 0 Å². The summed E-state index contributed by atoms with van der Waals surface area (Å²) in [7, 11) is 0. The van der Waals surface area contributed by atoms with Crippen LogP contribution in [0.3, 0.4) is 0 Å². The standard InChI is InChI=1S/C15H12FNO4/c16-13-7-11(5-6-12(13)15(20)21)17-14(19)10-3-1-9(8-18)2-4-10/h1-7,18H,8H2,(H,17,19)(H,20,21). The highest BCUT2D eigenvalue weighted by molar-refractivity contribution is 6.04. The van der Waals surface area contributed by atoms with Crippen LogP contribution < -0.4 is 5.32 Å². The first-order valence-electron chi connectivity index (χ1n) is 6.05. The molecular weight excluding hydrogens is 277 g/mol. The predicted octanol–water partition coefficient (Wildman–Crippen LogP) is 2.27. The van der Waals surface area contributed by atoms with E-state index in [-0.39, 0.29) is 12.3 Å². The normalized spacial score (nSPS) is 10.2. The van der Waals surface area contributed by atoms with Crippen molar-refractivity contribution in [1.82, 2.24) is 0 Å². The number of amides is 1. The minimum Gasteiger partial charge on any atom is -0.478 e. The quantitative estimate of drug-likeness (QED) is 0.805. The maximum atomic E-state index is 13.5. The highest BCUT2D eigenvalue weighted by atomic mass is 19.1. The lowest BCUT2D eigenvalue weighted by molar-refractivity contribution is 0.0692. The number of rotatable bonds is 4. The average molecular weight is 289 g/mol. The summed E-state index contributed by atoms with van der Waals surface area (Å²) >= 11 is 0. The number of halogens is 1. The van der Waals surface area contributed by atoms with Gasteiger partial charge < -0.3 is 15.5 Å². The summed E-state index contributed by atoms with van der Waals surface area (Å²) in [6.45, 7) is -0.121. The monoisotopic (exact) mass is 289 g/mol. The van der Waals surface area contributed by atoms with E-state index in [1.54, 1.807) is 12.1 Å². The van der Waals surface area contributed by atoms with E-state index in [0.717, 1.165) is 12.1 Å². The van der Waals surface area contributed by atoms with Crippen molar-refractivity contribution < 1.29 is 24.2 Å². The molecule has 108 valence electrons. The van der Waals surface area contributed by atoms with E-state index in [4.69, 9.17) is 10.2 Å². The molecule has 0 atom stereocenters. The van der Waals surface area contributed by atoms with Gasteiger partial charge in [-0.25, -0.2) is 9.18 Å². The molecule has 0 saturated heterocycles. The molecule has 2 aromatic rings. The van der Waals surface area contributed by atoms with Gasteiger partial charge in [-0.3, -0.25) is 4.79 Å². The van der Waals surface area contributed by atoms with Gasteiger partial charge in [0.15, 0.2) is 0 Å². The van der Waals surface area contributed by atoms with Gasteiger partial charge in [0.2, 0.25) is 0 Å². The molecule has 21 heavy (non-hydrogen) atoms. The molecule has 0 aliphatic heterocycles. The van der Waals surface area contributed by atoms with Crippen molar-refractivity contribution in [3.8, 4) is 0 Å². The third kappa shape index (κ3) is 3.43. The Labute approximate surface area is 119 Å². The Bertz CT molecular complexity index is 683. The summed E-state index contributed by atoms with van der Waals surface area (Å²) in [5.41, 5.74) is 0.715. The molecule has 0 fully saturated rings. The Balaban J connectivity index is 2.15. The number of aromatic carboxylic acids is 1. The summed E-state index contributed by atoms with van der Waals surface area (Å²) in [4.78, 5) is 22.6. The summed E-state index contributed by atoms with van der Waals surface area (Å²) in [5, 5.41) is 20.1. The van der Waals surface area contributed by atoms with Gasteiger partial charge in [0, 0.05) is 11.3 Å². The van der Waals surface area contributed by atoms with Crippen LogP contribution in [0.4, 0.5) is 10.1 Å². The van der Waals surface area contributed by atoms with Gasteiger partial charge in [0.05, 0.1) is 12.2 Å². The van der Waals surface area contributed by atoms with Crippen LogP contribution in [-0.2, 0) is 6.61 Å². The Kier molecular flexibility index (Phi) is 4.30. The molecule has 0 radical (unpaired) electrons. The summed E-state index contributed by atoms with van der Waals surface area (Å²) < 4.78 is 13.5. The first-order valence-corrected chi connectivity index (χ1v) is 6.05. The molecule has 0 saturated carbocycles. The molecule has 0 aliphatic rings. The summed E-state index contributed by atoms with van der Waals surface area (Å²) in [6.07, 6.45) is 0. The molecule has 5 nitrogen and oxygen atoms in total. The molecule has 0 spiro atoms. The zero-order valence-corrected chi connectivity index (χ0v) is 10.8. The van der Waals surface area contributed by atoms with E-state index in [9.17, 15) is 14.0 Å². The number of hydrogen-bond donors (Lipinski definition) is 3. The van der Waals surface area contributed by atoms with E-state index in [1.807, 2.05) is 0 Å². The molecule has 0 unspecified atom stereocenters. The first-order chi connectivity index (χ1) is 10.0. The van der Waals surface area contributed by atoms with Crippen LogP contribution in [0.25, 0.3) is 0 Å². The van der Waals surface area contributed by atoms with Crippen molar-refractivity contribution >= 4 is 17.6 Å². The second-order valence-electron chi connectivity index (χ2n) is 4.31. The van der Waals surface area contributed by atoms with E-state index >= 15 is 0 Å². The number of carboxylic acid groups (broad SMARTS) is 1. The second-order valence-corrected chi connectivity index (χ2v) is 4.31. The van der Waals surface area contributed by atoms with Crippen molar-refractivity contribution in [3.05, 3.63) is 65.0 Å². The van der Waals surface area contributed by atoms with E-state index < -0.39 is 23.3 Å². The molecular formula is C15H12FNO4. The van der Waals surface area contributed by atoms with Gasteiger partial charge in [-0.1, -0.05) is 12.1 Å². The van der Waals surface area contributed by atoms with Gasteiger partial charge in [0.25, 0.3) is 5.91 Å². The number of anilines is 1. The fourth-order valence-electron chi connectivity index (χ4n) is 1.73. The SMILES string of the molecule is O=C(Nc1ccc(C(=O)O)c(F)c1)c1ccc(CO)cc1. The molecule has 6 heteroatoms. The van der Waals surface area contributed by atoms with Gasteiger partial charge >= 0.3 is 5.97 Å². The highest BCUT2D eigenvalue weighted by Crippen LogP contribution is 2.16. The number of aliphatic hydroxyl groups excluding tert-OH is 1. The summed E-state index contributed by atoms with van der Waals surface area (Å²) in [5.74, 6) is -2.75. The second kappa shape index (κ2) is 6.15. The number of carbonyl (C=O) groups excluding carboxylic acids is 1. The van der Waals surface area contributed by atoms with E-state index in [1.165, 1.54) is 18.2 Å². The average Bonchev–Trinajstić information content (AvgIpc) is 2.47. The maximum absolute atomic E-state index is 13.5. The van der Waals surface area contributed by atoms with Gasteiger partial charge in [-0.15, -0.1) is 0 Å². The molecule has 3 N–H and O–H groups in total. The number of carbonyl (C=O) groups is 2. The van der Waals surface area contributed by atoms with Crippen molar-refractivity contribution in [3.63, 3.8) is 0 Å². The number of nitrogens with one attached hydrogen (secondary N) is 1. The topological polar surface area (TPSA) is 86.6 Å². The van der Waals surface area contributed by atoms with E-state index in [0.29, 0.717) is 11.1 Å². The van der Waals surface area contributed by atoms with Gasteiger partial charge in [0.1, 0.15) is 5.82 Å². The van der Waals surface area contributed by atoms with Crippen molar-refractivity contribution in [2.45, 2.75) is 6.61 Å². The van der Waals surface area contributed by atoms with Crippen molar-refractivity contribution in [2.24, 2.45) is 0 Å². The van der Waals surface area contributed by atoms with E-state index in [2.05, 4.69) is 5.32 Å². The van der Waals surface area contributed by atoms with Crippen LogP contribution in [0, 0.1) is 5.82 Å². The van der Waals surface area contributed by atoms with Crippen LogP contribution in [-0.4, -0.2) is 22.1 Å². The predicted molar refractivity (Wildman–Crippen MR) is 73.7 cm³/mol. The Morgan fingerprint density at radius 1 is 1.10 bits per heavy atom. The molecule has 0 aliphatic carbocycles. The van der Waals surface area contributed by atoms with Gasteiger partial charge in [-0.05, 0) is 35.9 Å². The number of carboxylic acids is 1. The minimum absolute atomic E-state index is 0.121. The molecule has 0 heterocycles. The highest BCUT2D eigenvalue weighted by Gasteiger charge is 2.12. The Morgan fingerprint density at radius 2 is 1.76 bits per heavy atom. The van der Waals surface area contributed by atoms with Crippen LogP contribution >= 0.6 is 0 Å². The van der Waals surface area contributed by atoms with Crippen molar-refractivity contribution in [2.75, 3.05) is 5.32 Å². The van der Waals surface area contributed by atoms with Crippen LogP contribution in [0.1, 0.15) is 26.3 Å². The summed E-state index contributed by atoms with van der Waals surface area (Å²) in [6, 6.07) is 9.61. The fraction of sp³-hybridized carbons (Fsp3) is 0.0667. The largest absolute Gasteiger partial charge is 0.478 e. The third-order valence-corrected chi connectivity index (χ3v) is 2.86. The molecule has 2 rings (SSSR count). The smallest absolute Gasteiger partial charge is 0.338 e. The van der Waals surface area contributed by atoms with Gasteiger partial charge in [-0.2, -0.15) is 0 Å². The lowest BCUT2D eigenvalue weighted by Gasteiger charge is -2.07. The minimum atomic E-state index is -1.37.